The van der Waals surface area contributed by atoms with Crippen LogP contribution in [0.2, 0.25) is 0 Å². The molecule has 1 heterocycles. The zero-order chi connectivity index (χ0) is 9.68. The van der Waals surface area contributed by atoms with E-state index in [9.17, 15) is 4.79 Å². The predicted octanol–water partition coefficient (Wildman–Crippen LogP) is 0.825. The maximum absolute atomic E-state index is 11.4. The van der Waals surface area contributed by atoms with Crippen LogP contribution in [0.1, 0.15) is 30.4 Å². The molecule has 0 radical (unpaired) electrons. The molecule has 0 atom stereocenters. The van der Waals surface area contributed by atoms with Gasteiger partial charge in [-0.25, -0.2) is 4.98 Å². The Morgan fingerprint density at radius 3 is 3.08 bits per heavy atom. The van der Waals surface area contributed by atoms with E-state index in [1.165, 1.54) is 0 Å². The first kappa shape index (κ1) is 9.92. The highest BCUT2D eigenvalue weighted by molar-refractivity contribution is 5.92. The molecule has 1 rings (SSSR count). The molecule has 4 heteroatoms. The first-order chi connectivity index (χ1) is 6.29. The molecule has 1 aromatic rings. The van der Waals surface area contributed by atoms with E-state index in [1.54, 1.807) is 6.20 Å². The molecule has 0 spiro atoms. The predicted molar refractivity (Wildman–Crippen MR) is 50.5 cm³/mol. The fourth-order valence-electron chi connectivity index (χ4n) is 1.23. The quantitative estimate of drug-likeness (QED) is 0.684. The normalized spacial score (nSPS) is 10.3. The lowest BCUT2D eigenvalue weighted by atomic mass is 10.2. The van der Waals surface area contributed by atoms with Crippen LogP contribution in [-0.2, 0) is 6.54 Å². The molecule has 0 aliphatic carbocycles. The highest BCUT2D eigenvalue weighted by Crippen LogP contribution is 2.02. The molecular weight excluding hydrogens is 166 g/mol. The second kappa shape index (κ2) is 4.77. The Bertz CT molecular complexity index is 280. The van der Waals surface area contributed by atoms with Crippen molar-refractivity contribution in [3.8, 4) is 0 Å². The van der Waals surface area contributed by atoms with Gasteiger partial charge in [0.05, 0.1) is 0 Å². The van der Waals surface area contributed by atoms with Crippen molar-refractivity contribution in [2.24, 2.45) is 5.73 Å². The van der Waals surface area contributed by atoms with Crippen molar-refractivity contribution in [1.82, 2.24) is 9.55 Å². The number of carbonyl (C=O) groups is 1. The molecule has 0 aliphatic rings. The van der Waals surface area contributed by atoms with Crippen LogP contribution in [-0.4, -0.2) is 21.9 Å². The number of aromatic nitrogens is 2. The standard InChI is InChI=1S/C9H15N3O/c1-2-6-12-7-5-11-9(12)8(13)3-4-10/h5,7H,2-4,6,10H2,1H3. The van der Waals surface area contributed by atoms with Crippen molar-refractivity contribution >= 4 is 5.78 Å². The molecule has 0 aliphatic heterocycles. The molecule has 72 valence electrons. The Kier molecular flexibility index (Phi) is 3.64. The van der Waals surface area contributed by atoms with Gasteiger partial charge < -0.3 is 10.3 Å². The lowest BCUT2D eigenvalue weighted by molar-refractivity contribution is 0.0971. The maximum atomic E-state index is 11.4. The van der Waals surface area contributed by atoms with E-state index in [-0.39, 0.29) is 5.78 Å². The molecule has 0 saturated heterocycles. The Morgan fingerprint density at radius 1 is 1.69 bits per heavy atom. The van der Waals surface area contributed by atoms with E-state index in [4.69, 9.17) is 5.73 Å². The molecule has 2 N–H and O–H groups in total. The van der Waals surface area contributed by atoms with Gasteiger partial charge in [0.15, 0.2) is 11.6 Å². The van der Waals surface area contributed by atoms with Crippen LogP contribution in [0.15, 0.2) is 12.4 Å². The lowest BCUT2D eigenvalue weighted by Crippen LogP contribution is -2.14. The first-order valence-electron chi connectivity index (χ1n) is 4.54. The van der Waals surface area contributed by atoms with Gasteiger partial charge in [-0.2, -0.15) is 0 Å². The number of rotatable bonds is 5. The second-order valence-corrected chi connectivity index (χ2v) is 2.91. The molecule has 0 unspecified atom stereocenters. The summed E-state index contributed by atoms with van der Waals surface area (Å²) in [6.45, 7) is 3.29. The summed E-state index contributed by atoms with van der Waals surface area (Å²) in [7, 11) is 0. The van der Waals surface area contributed by atoms with Gasteiger partial charge in [-0.1, -0.05) is 6.92 Å². The monoisotopic (exact) mass is 181 g/mol. The summed E-state index contributed by atoms with van der Waals surface area (Å²) < 4.78 is 1.87. The number of carbonyl (C=O) groups excluding carboxylic acids is 1. The highest BCUT2D eigenvalue weighted by atomic mass is 16.1. The molecule has 0 bridgehead atoms. The Balaban J connectivity index is 2.74. The van der Waals surface area contributed by atoms with Gasteiger partial charge in [0.2, 0.25) is 0 Å². The zero-order valence-electron chi connectivity index (χ0n) is 7.86. The molecule has 0 aromatic carbocycles. The third-order valence-corrected chi connectivity index (χ3v) is 1.80. The average Bonchev–Trinajstić information content (AvgIpc) is 2.54. The van der Waals surface area contributed by atoms with Crippen molar-refractivity contribution in [1.29, 1.82) is 0 Å². The third-order valence-electron chi connectivity index (χ3n) is 1.80. The van der Waals surface area contributed by atoms with E-state index in [0.29, 0.717) is 18.8 Å². The summed E-state index contributed by atoms with van der Waals surface area (Å²) in [4.78, 5) is 15.4. The Morgan fingerprint density at radius 2 is 2.46 bits per heavy atom. The van der Waals surface area contributed by atoms with E-state index in [1.807, 2.05) is 10.8 Å². The number of imidazole rings is 1. The minimum atomic E-state index is 0.0287. The van der Waals surface area contributed by atoms with Gasteiger partial charge in [-0.3, -0.25) is 4.79 Å². The summed E-state index contributed by atoms with van der Waals surface area (Å²) in [6.07, 6.45) is 4.85. The van der Waals surface area contributed by atoms with Gasteiger partial charge in [0.25, 0.3) is 0 Å². The average molecular weight is 181 g/mol. The van der Waals surface area contributed by atoms with Crippen LogP contribution in [0.4, 0.5) is 0 Å². The lowest BCUT2D eigenvalue weighted by Gasteiger charge is -2.03. The SMILES string of the molecule is CCCn1ccnc1C(=O)CCN. The smallest absolute Gasteiger partial charge is 0.199 e. The largest absolute Gasteiger partial charge is 0.330 e. The summed E-state index contributed by atoms with van der Waals surface area (Å²) in [5.74, 6) is 0.563. The van der Waals surface area contributed by atoms with Crippen molar-refractivity contribution in [2.75, 3.05) is 6.54 Å². The van der Waals surface area contributed by atoms with Crippen LogP contribution >= 0.6 is 0 Å². The van der Waals surface area contributed by atoms with E-state index in [2.05, 4.69) is 11.9 Å². The highest BCUT2D eigenvalue weighted by Gasteiger charge is 2.10. The minimum Gasteiger partial charge on any atom is -0.330 e. The Hall–Kier alpha value is -1.16. The minimum absolute atomic E-state index is 0.0287. The topological polar surface area (TPSA) is 60.9 Å². The second-order valence-electron chi connectivity index (χ2n) is 2.91. The van der Waals surface area contributed by atoms with Crippen molar-refractivity contribution in [2.45, 2.75) is 26.3 Å². The van der Waals surface area contributed by atoms with Gasteiger partial charge in [0, 0.05) is 25.4 Å². The van der Waals surface area contributed by atoms with E-state index < -0.39 is 0 Å². The number of hydrogen-bond donors (Lipinski definition) is 1. The maximum Gasteiger partial charge on any atom is 0.199 e. The number of hydrogen-bond acceptors (Lipinski definition) is 3. The fourth-order valence-corrected chi connectivity index (χ4v) is 1.23. The van der Waals surface area contributed by atoms with Gasteiger partial charge in [-0.15, -0.1) is 0 Å². The molecule has 1 aromatic heterocycles. The summed E-state index contributed by atoms with van der Waals surface area (Å²) >= 11 is 0. The van der Waals surface area contributed by atoms with Crippen molar-refractivity contribution in [3.63, 3.8) is 0 Å². The molecule has 0 saturated carbocycles. The van der Waals surface area contributed by atoms with E-state index >= 15 is 0 Å². The number of aryl methyl sites for hydroxylation is 1. The van der Waals surface area contributed by atoms with Crippen molar-refractivity contribution in [3.05, 3.63) is 18.2 Å². The molecule has 4 nitrogen and oxygen atoms in total. The number of ketones is 1. The molecular formula is C9H15N3O. The van der Waals surface area contributed by atoms with Gasteiger partial charge >= 0.3 is 0 Å². The van der Waals surface area contributed by atoms with Gasteiger partial charge in [0.1, 0.15) is 0 Å². The molecule has 13 heavy (non-hydrogen) atoms. The van der Waals surface area contributed by atoms with Gasteiger partial charge in [-0.05, 0) is 13.0 Å². The first-order valence-corrected chi connectivity index (χ1v) is 4.54. The molecule has 0 amide bonds. The fraction of sp³-hybridized carbons (Fsp3) is 0.556. The van der Waals surface area contributed by atoms with Crippen molar-refractivity contribution < 1.29 is 4.79 Å². The summed E-state index contributed by atoms with van der Waals surface area (Å²) in [5.41, 5.74) is 5.30. The van der Waals surface area contributed by atoms with Crippen LogP contribution in [0.3, 0.4) is 0 Å². The number of Topliss-reactive ketones (excluding diaryl/α,β-unsaturated/α-hetero) is 1. The van der Waals surface area contributed by atoms with Crippen LogP contribution in [0.25, 0.3) is 0 Å². The summed E-state index contributed by atoms with van der Waals surface area (Å²) in [5, 5.41) is 0. The van der Waals surface area contributed by atoms with Crippen LogP contribution in [0, 0.1) is 0 Å². The number of nitrogens with zero attached hydrogens (tertiary/aromatic N) is 2. The third kappa shape index (κ3) is 2.39. The zero-order valence-corrected chi connectivity index (χ0v) is 7.86. The van der Waals surface area contributed by atoms with Crippen LogP contribution < -0.4 is 5.73 Å². The Labute approximate surface area is 77.8 Å². The van der Waals surface area contributed by atoms with E-state index in [0.717, 1.165) is 13.0 Å². The molecule has 0 fully saturated rings. The summed E-state index contributed by atoms with van der Waals surface area (Å²) in [6, 6.07) is 0. The number of nitrogens with two attached hydrogens (primary N) is 1. The van der Waals surface area contributed by atoms with Crippen LogP contribution in [0.5, 0.6) is 0 Å².